The fourth-order valence-electron chi connectivity index (χ4n) is 1.93. The molecule has 0 unspecified atom stereocenters. The lowest BCUT2D eigenvalue weighted by molar-refractivity contribution is 0.401. The van der Waals surface area contributed by atoms with Gasteiger partial charge in [-0.1, -0.05) is 0 Å². The summed E-state index contributed by atoms with van der Waals surface area (Å²) in [6, 6.07) is 5.79. The Balaban J connectivity index is 2.63. The summed E-state index contributed by atoms with van der Waals surface area (Å²) in [6.45, 7) is 3.76. The lowest BCUT2D eigenvalue weighted by Crippen LogP contribution is -1.94. The molecule has 0 atom stereocenters. The lowest BCUT2D eigenvalue weighted by atomic mass is 10.1. The molecule has 19 heavy (non-hydrogen) atoms. The number of H-pyrrole nitrogens is 1. The molecule has 98 valence electrons. The Morgan fingerprint density at radius 2 is 1.84 bits per heavy atom. The third-order valence-electron chi connectivity index (χ3n) is 2.96. The van der Waals surface area contributed by atoms with E-state index in [-0.39, 0.29) is 0 Å². The monoisotopic (exact) mass is 257 g/mol. The van der Waals surface area contributed by atoms with Crippen molar-refractivity contribution in [3.63, 3.8) is 0 Å². The minimum Gasteiger partial charge on any atom is -0.496 e. The fourth-order valence-corrected chi connectivity index (χ4v) is 1.93. The highest BCUT2D eigenvalue weighted by Crippen LogP contribution is 2.34. The predicted molar refractivity (Wildman–Crippen MR) is 71.3 cm³/mol. The van der Waals surface area contributed by atoms with E-state index < -0.39 is 0 Å². The number of aromatic nitrogens is 2. The van der Waals surface area contributed by atoms with Crippen LogP contribution in [0, 0.1) is 25.2 Å². The molecule has 0 bridgehead atoms. The van der Waals surface area contributed by atoms with E-state index >= 15 is 0 Å². The quantitative estimate of drug-likeness (QED) is 0.917. The summed E-state index contributed by atoms with van der Waals surface area (Å²) in [4.78, 5) is 7.35. The summed E-state index contributed by atoms with van der Waals surface area (Å²) in [5.41, 5.74) is 2.87. The van der Waals surface area contributed by atoms with Crippen LogP contribution in [0.4, 0.5) is 0 Å². The Morgan fingerprint density at radius 1 is 1.16 bits per heavy atom. The standard InChI is InChI=1S/C14H15N3O2/c1-8-5-13(19-4)10(6-12(8)18-3)14-16-9(2)11(7-15)17-14/h5-6H,1-4H3,(H,16,17). The third kappa shape index (κ3) is 2.25. The number of aryl methyl sites for hydroxylation is 2. The van der Waals surface area contributed by atoms with Crippen molar-refractivity contribution >= 4 is 0 Å². The van der Waals surface area contributed by atoms with Gasteiger partial charge in [-0.3, -0.25) is 0 Å². The zero-order chi connectivity index (χ0) is 14.0. The van der Waals surface area contributed by atoms with E-state index in [9.17, 15) is 0 Å². The molecule has 5 nitrogen and oxygen atoms in total. The van der Waals surface area contributed by atoms with Gasteiger partial charge in [0.05, 0.1) is 25.5 Å². The topological polar surface area (TPSA) is 70.9 Å². The van der Waals surface area contributed by atoms with Crippen molar-refractivity contribution in [1.82, 2.24) is 9.97 Å². The third-order valence-corrected chi connectivity index (χ3v) is 2.96. The molecule has 0 aliphatic rings. The second-order valence-electron chi connectivity index (χ2n) is 4.19. The van der Waals surface area contributed by atoms with E-state index in [0.29, 0.717) is 17.3 Å². The van der Waals surface area contributed by atoms with Crippen molar-refractivity contribution in [2.75, 3.05) is 14.2 Å². The molecular formula is C14H15N3O2. The number of nitrogens with one attached hydrogen (secondary N) is 1. The zero-order valence-corrected chi connectivity index (χ0v) is 11.4. The summed E-state index contributed by atoms with van der Waals surface area (Å²) >= 11 is 0. The highest BCUT2D eigenvalue weighted by molar-refractivity contribution is 5.68. The van der Waals surface area contributed by atoms with E-state index in [4.69, 9.17) is 14.7 Å². The number of hydrogen-bond acceptors (Lipinski definition) is 4. The smallest absolute Gasteiger partial charge is 0.161 e. The summed E-state index contributed by atoms with van der Waals surface area (Å²) in [5, 5.41) is 8.96. The van der Waals surface area contributed by atoms with Gasteiger partial charge in [0.2, 0.25) is 0 Å². The summed E-state index contributed by atoms with van der Waals surface area (Å²) in [6.07, 6.45) is 0. The molecule has 1 N–H and O–H groups in total. The SMILES string of the molecule is COc1cc(-c2nc(C#N)c(C)[nH]2)c(OC)cc1C. The minimum absolute atomic E-state index is 0.386. The van der Waals surface area contributed by atoms with Crippen molar-refractivity contribution in [2.24, 2.45) is 0 Å². The van der Waals surface area contributed by atoms with Gasteiger partial charge in [-0.15, -0.1) is 0 Å². The molecular weight excluding hydrogens is 242 g/mol. The number of methoxy groups -OCH3 is 2. The van der Waals surface area contributed by atoms with Gasteiger partial charge in [0.1, 0.15) is 23.4 Å². The number of nitrogens with zero attached hydrogens (tertiary/aromatic N) is 2. The van der Waals surface area contributed by atoms with Gasteiger partial charge in [-0.2, -0.15) is 5.26 Å². The molecule has 0 aliphatic heterocycles. The Labute approximate surface area is 111 Å². The molecule has 1 aromatic carbocycles. The van der Waals surface area contributed by atoms with Crippen LogP contribution < -0.4 is 9.47 Å². The maximum atomic E-state index is 8.96. The van der Waals surface area contributed by atoms with Crippen molar-refractivity contribution < 1.29 is 9.47 Å². The normalized spacial score (nSPS) is 10.1. The van der Waals surface area contributed by atoms with E-state index in [2.05, 4.69) is 9.97 Å². The van der Waals surface area contributed by atoms with Crippen molar-refractivity contribution in [1.29, 1.82) is 5.26 Å². The second kappa shape index (κ2) is 5.02. The molecule has 0 aliphatic carbocycles. The first-order chi connectivity index (χ1) is 9.10. The number of aromatic amines is 1. The van der Waals surface area contributed by atoms with Crippen molar-refractivity contribution in [3.05, 3.63) is 29.1 Å². The molecule has 0 radical (unpaired) electrons. The van der Waals surface area contributed by atoms with Crippen LogP contribution >= 0.6 is 0 Å². The molecule has 0 saturated heterocycles. The molecule has 0 fully saturated rings. The Hall–Kier alpha value is -2.48. The number of ether oxygens (including phenoxy) is 2. The maximum absolute atomic E-state index is 8.96. The first-order valence-electron chi connectivity index (χ1n) is 5.80. The van der Waals surface area contributed by atoms with Crippen molar-refractivity contribution in [2.45, 2.75) is 13.8 Å². The largest absolute Gasteiger partial charge is 0.496 e. The van der Waals surface area contributed by atoms with E-state index in [1.54, 1.807) is 14.2 Å². The molecule has 0 saturated carbocycles. The van der Waals surface area contributed by atoms with E-state index in [0.717, 1.165) is 22.6 Å². The van der Waals surface area contributed by atoms with E-state index in [1.165, 1.54) is 0 Å². The van der Waals surface area contributed by atoms with Gasteiger partial charge < -0.3 is 14.5 Å². The molecule has 1 aromatic heterocycles. The Bertz CT molecular complexity index is 653. The van der Waals surface area contributed by atoms with Crippen LogP contribution in [0.25, 0.3) is 11.4 Å². The van der Waals surface area contributed by atoms with Gasteiger partial charge in [0, 0.05) is 0 Å². The molecule has 2 rings (SSSR count). The van der Waals surface area contributed by atoms with E-state index in [1.807, 2.05) is 32.0 Å². The first-order valence-corrected chi connectivity index (χ1v) is 5.80. The second-order valence-corrected chi connectivity index (χ2v) is 4.19. The first kappa shape index (κ1) is 13.0. The average Bonchev–Trinajstić information content (AvgIpc) is 2.79. The fraction of sp³-hybridized carbons (Fsp3) is 0.286. The molecule has 2 aromatic rings. The van der Waals surface area contributed by atoms with Crippen molar-refractivity contribution in [3.8, 4) is 29.0 Å². The Morgan fingerprint density at radius 3 is 2.37 bits per heavy atom. The molecule has 0 amide bonds. The number of imidazole rings is 1. The van der Waals surface area contributed by atoms with Crippen LogP contribution in [0.5, 0.6) is 11.5 Å². The zero-order valence-electron chi connectivity index (χ0n) is 11.4. The number of rotatable bonds is 3. The van der Waals surface area contributed by atoms with Crippen LogP contribution in [0.15, 0.2) is 12.1 Å². The van der Waals surface area contributed by atoms with Crippen LogP contribution in [-0.4, -0.2) is 24.2 Å². The van der Waals surface area contributed by atoms with Gasteiger partial charge in [0.15, 0.2) is 5.69 Å². The van der Waals surface area contributed by atoms with Crippen LogP contribution in [0.2, 0.25) is 0 Å². The molecule has 1 heterocycles. The summed E-state index contributed by atoms with van der Waals surface area (Å²) in [7, 11) is 3.22. The van der Waals surface area contributed by atoms with Crippen LogP contribution in [0.1, 0.15) is 17.0 Å². The summed E-state index contributed by atoms with van der Waals surface area (Å²) in [5.74, 6) is 2.05. The van der Waals surface area contributed by atoms with Gasteiger partial charge >= 0.3 is 0 Å². The van der Waals surface area contributed by atoms with Gasteiger partial charge in [-0.25, -0.2) is 4.98 Å². The Kier molecular flexibility index (Phi) is 3.43. The van der Waals surface area contributed by atoms with Gasteiger partial charge in [-0.05, 0) is 31.5 Å². The average molecular weight is 257 g/mol. The highest BCUT2D eigenvalue weighted by Gasteiger charge is 2.15. The number of nitriles is 1. The highest BCUT2D eigenvalue weighted by atomic mass is 16.5. The molecule has 5 heteroatoms. The lowest BCUT2D eigenvalue weighted by Gasteiger charge is -2.11. The summed E-state index contributed by atoms with van der Waals surface area (Å²) < 4.78 is 10.7. The maximum Gasteiger partial charge on any atom is 0.161 e. The van der Waals surface area contributed by atoms with Crippen LogP contribution in [-0.2, 0) is 0 Å². The van der Waals surface area contributed by atoms with Gasteiger partial charge in [0.25, 0.3) is 0 Å². The number of benzene rings is 1. The minimum atomic E-state index is 0.386. The molecule has 0 spiro atoms. The number of hydrogen-bond donors (Lipinski definition) is 1. The predicted octanol–water partition coefficient (Wildman–Crippen LogP) is 2.58. The van der Waals surface area contributed by atoms with Crippen LogP contribution in [0.3, 0.4) is 0 Å².